The van der Waals surface area contributed by atoms with E-state index in [9.17, 15) is 9.18 Å². The van der Waals surface area contributed by atoms with E-state index in [-0.39, 0.29) is 17.8 Å². The van der Waals surface area contributed by atoms with Gasteiger partial charge in [0.15, 0.2) is 5.82 Å². The molecule has 0 bridgehead atoms. The number of hydrogen-bond acceptors (Lipinski definition) is 3. The molecule has 6 heteroatoms. The van der Waals surface area contributed by atoms with Crippen LogP contribution in [0.5, 0.6) is 0 Å². The smallest absolute Gasteiger partial charge is 0.257 e. The Hall–Kier alpha value is -3.02. The molecule has 2 heterocycles. The van der Waals surface area contributed by atoms with E-state index in [4.69, 9.17) is 0 Å². The van der Waals surface area contributed by atoms with Crippen LogP contribution >= 0.6 is 0 Å². The van der Waals surface area contributed by atoms with Gasteiger partial charge in [-0.1, -0.05) is 18.2 Å². The average molecular weight is 338 g/mol. The number of benzene rings is 1. The predicted molar refractivity (Wildman–Crippen MR) is 93.0 cm³/mol. The molecule has 0 saturated heterocycles. The Morgan fingerprint density at radius 2 is 1.92 bits per heavy atom. The Morgan fingerprint density at radius 3 is 2.56 bits per heavy atom. The van der Waals surface area contributed by atoms with E-state index in [2.05, 4.69) is 10.1 Å². The van der Waals surface area contributed by atoms with E-state index in [0.29, 0.717) is 11.4 Å². The molecule has 0 fully saturated rings. The number of amides is 1. The van der Waals surface area contributed by atoms with Crippen molar-refractivity contribution in [3.05, 3.63) is 77.5 Å². The van der Waals surface area contributed by atoms with E-state index in [0.717, 1.165) is 11.3 Å². The van der Waals surface area contributed by atoms with Crippen molar-refractivity contribution in [2.24, 2.45) is 0 Å². The van der Waals surface area contributed by atoms with Gasteiger partial charge in [0, 0.05) is 13.2 Å². The summed E-state index contributed by atoms with van der Waals surface area (Å²) in [5.74, 6) is 0.224. The van der Waals surface area contributed by atoms with Crippen molar-refractivity contribution in [1.29, 1.82) is 0 Å². The molecule has 25 heavy (non-hydrogen) atoms. The van der Waals surface area contributed by atoms with Crippen LogP contribution < -0.4 is 0 Å². The SMILES string of the molecule is Cc1c(C(=O)N(C)C(C)c2ccc(F)cc2)cnn1-c1ccccn1. The maximum absolute atomic E-state index is 13.1. The number of carbonyl (C=O) groups is 1. The Balaban J connectivity index is 1.85. The maximum Gasteiger partial charge on any atom is 0.257 e. The van der Waals surface area contributed by atoms with E-state index in [1.807, 2.05) is 32.0 Å². The zero-order valence-electron chi connectivity index (χ0n) is 14.3. The van der Waals surface area contributed by atoms with Crippen LogP contribution in [0.1, 0.15) is 34.6 Å². The van der Waals surface area contributed by atoms with Gasteiger partial charge in [-0.25, -0.2) is 14.1 Å². The van der Waals surface area contributed by atoms with Crippen molar-refractivity contribution in [2.75, 3.05) is 7.05 Å². The van der Waals surface area contributed by atoms with Gasteiger partial charge in [0.1, 0.15) is 5.82 Å². The first-order chi connectivity index (χ1) is 12.0. The van der Waals surface area contributed by atoms with Crippen LogP contribution in [-0.2, 0) is 0 Å². The number of pyridine rings is 1. The second-order valence-corrected chi connectivity index (χ2v) is 5.89. The van der Waals surface area contributed by atoms with E-state index < -0.39 is 0 Å². The average Bonchev–Trinajstić information content (AvgIpc) is 3.02. The van der Waals surface area contributed by atoms with Crippen molar-refractivity contribution < 1.29 is 9.18 Å². The topological polar surface area (TPSA) is 51.0 Å². The first kappa shape index (κ1) is 16.8. The Kier molecular flexibility index (Phi) is 4.61. The van der Waals surface area contributed by atoms with Crippen molar-refractivity contribution in [3.63, 3.8) is 0 Å². The molecular weight excluding hydrogens is 319 g/mol. The molecule has 0 saturated carbocycles. The molecule has 3 rings (SSSR count). The standard InChI is InChI=1S/C19H19FN4O/c1-13(15-7-9-16(20)10-8-15)23(3)19(25)17-12-22-24(14(17)2)18-6-4-5-11-21-18/h4-13H,1-3H3. The van der Waals surface area contributed by atoms with Crippen molar-refractivity contribution in [3.8, 4) is 5.82 Å². The van der Waals surface area contributed by atoms with E-state index in [1.54, 1.807) is 41.2 Å². The van der Waals surface area contributed by atoms with Crippen LogP contribution in [0.15, 0.2) is 54.9 Å². The van der Waals surface area contributed by atoms with Gasteiger partial charge in [-0.3, -0.25) is 4.79 Å². The Labute approximate surface area is 145 Å². The van der Waals surface area contributed by atoms with Crippen LogP contribution in [0, 0.1) is 12.7 Å². The highest BCUT2D eigenvalue weighted by Crippen LogP contribution is 2.22. The van der Waals surface area contributed by atoms with Gasteiger partial charge in [-0.05, 0) is 43.7 Å². The Morgan fingerprint density at radius 1 is 1.20 bits per heavy atom. The minimum absolute atomic E-state index is 0.142. The van der Waals surface area contributed by atoms with E-state index in [1.165, 1.54) is 12.1 Å². The van der Waals surface area contributed by atoms with Crippen LogP contribution in [0.25, 0.3) is 5.82 Å². The normalized spacial score (nSPS) is 12.0. The molecule has 1 aromatic carbocycles. The number of aromatic nitrogens is 3. The molecule has 0 aliphatic carbocycles. The molecule has 0 radical (unpaired) electrons. The van der Waals surface area contributed by atoms with Gasteiger partial charge in [0.05, 0.1) is 23.5 Å². The molecule has 1 unspecified atom stereocenters. The van der Waals surface area contributed by atoms with Gasteiger partial charge in [-0.15, -0.1) is 0 Å². The zero-order chi connectivity index (χ0) is 18.0. The lowest BCUT2D eigenvalue weighted by Gasteiger charge is -2.25. The summed E-state index contributed by atoms with van der Waals surface area (Å²) in [5.41, 5.74) is 2.11. The summed E-state index contributed by atoms with van der Waals surface area (Å²) in [6, 6.07) is 11.5. The number of hydrogen-bond donors (Lipinski definition) is 0. The molecule has 0 N–H and O–H groups in total. The Bertz CT molecular complexity index is 874. The van der Waals surface area contributed by atoms with Crippen molar-refractivity contribution in [2.45, 2.75) is 19.9 Å². The minimum Gasteiger partial charge on any atom is -0.335 e. The highest BCUT2D eigenvalue weighted by atomic mass is 19.1. The van der Waals surface area contributed by atoms with Crippen LogP contribution in [0.3, 0.4) is 0 Å². The van der Waals surface area contributed by atoms with Gasteiger partial charge < -0.3 is 4.90 Å². The summed E-state index contributed by atoms with van der Waals surface area (Å²) < 4.78 is 14.7. The highest BCUT2D eigenvalue weighted by molar-refractivity contribution is 5.95. The van der Waals surface area contributed by atoms with Crippen LogP contribution in [-0.4, -0.2) is 32.6 Å². The molecule has 1 amide bonds. The fraction of sp³-hybridized carbons (Fsp3) is 0.211. The van der Waals surface area contributed by atoms with Gasteiger partial charge >= 0.3 is 0 Å². The summed E-state index contributed by atoms with van der Waals surface area (Å²) >= 11 is 0. The summed E-state index contributed by atoms with van der Waals surface area (Å²) in [6.07, 6.45) is 3.24. The fourth-order valence-electron chi connectivity index (χ4n) is 2.66. The summed E-state index contributed by atoms with van der Waals surface area (Å²) in [7, 11) is 1.73. The molecule has 0 aliphatic heterocycles. The van der Waals surface area contributed by atoms with Crippen LogP contribution in [0.4, 0.5) is 4.39 Å². The monoisotopic (exact) mass is 338 g/mol. The van der Waals surface area contributed by atoms with Gasteiger partial charge in [0.25, 0.3) is 5.91 Å². The summed E-state index contributed by atoms with van der Waals surface area (Å²) in [6.45, 7) is 3.74. The number of carbonyl (C=O) groups excluding carboxylic acids is 1. The molecular formula is C19H19FN4O. The predicted octanol–water partition coefficient (Wildman–Crippen LogP) is 3.55. The number of halogens is 1. The second kappa shape index (κ2) is 6.84. The molecule has 3 aromatic rings. The third kappa shape index (κ3) is 3.28. The molecule has 0 aliphatic rings. The van der Waals surface area contributed by atoms with Crippen molar-refractivity contribution in [1.82, 2.24) is 19.7 Å². The lowest BCUT2D eigenvalue weighted by molar-refractivity contribution is 0.0742. The quantitative estimate of drug-likeness (QED) is 0.731. The minimum atomic E-state index is -0.294. The zero-order valence-corrected chi connectivity index (χ0v) is 14.3. The second-order valence-electron chi connectivity index (χ2n) is 5.89. The molecule has 2 aromatic heterocycles. The fourth-order valence-corrected chi connectivity index (χ4v) is 2.66. The van der Waals surface area contributed by atoms with Gasteiger partial charge in [0.2, 0.25) is 0 Å². The highest BCUT2D eigenvalue weighted by Gasteiger charge is 2.23. The first-order valence-electron chi connectivity index (χ1n) is 7.97. The van der Waals surface area contributed by atoms with E-state index >= 15 is 0 Å². The third-order valence-electron chi connectivity index (χ3n) is 4.36. The first-order valence-corrected chi connectivity index (χ1v) is 7.97. The molecule has 1 atom stereocenters. The molecule has 0 spiro atoms. The van der Waals surface area contributed by atoms with Gasteiger partial charge in [-0.2, -0.15) is 5.10 Å². The summed E-state index contributed by atoms with van der Waals surface area (Å²) in [5, 5.41) is 4.29. The lowest BCUT2D eigenvalue weighted by Crippen LogP contribution is -2.30. The molecule has 128 valence electrons. The third-order valence-corrected chi connectivity index (χ3v) is 4.36. The summed E-state index contributed by atoms with van der Waals surface area (Å²) in [4.78, 5) is 18.8. The van der Waals surface area contributed by atoms with Crippen molar-refractivity contribution >= 4 is 5.91 Å². The largest absolute Gasteiger partial charge is 0.335 e. The lowest BCUT2D eigenvalue weighted by atomic mass is 10.1. The maximum atomic E-state index is 13.1. The number of rotatable bonds is 4. The number of nitrogens with zero attached hydrogens (tertiary/aromatic N) is 4. The van der Waals surface area contributed by atoms with Crippen LogP contribution in [0.2, 0.25) is 0 Å². The molecule has 5 nitrogen and oxygen atoms in total.